The molecule has 1 aliphatic heterocycles. The monoisotopic (exact) mass is 291 g/mol. The molecule has 1 heterocycles. The van der Waals surface area contributed by atoms with Crippen molar-refractivity contribution in [3.63, 3.8) is 0 Å². The van der Waals surface area contributed by atoms with Crippen molar-refractivity contribution >= 4 is 5.91 Å². The number of aliphatic hydroxyl groups is 1. The van der Waals surface area contributed by atoms with Gasteiger partial charge in [-0.05, 0) is 45.1 Å². The largest absolute Gasteiger partial charge is 0.391 e. The number of likely N-dealkylation sites (tertiary alicyclic amines) is 1. The number of carbonyl (C=O) groups is 1. The maximum absolute atomic E-state index is 12.8. The molecule has 116 valence electrons. The van der Waals surface area contributed by atoms with Crippen LogP contribution >= 0.6 is 0 Å². The van der Waals surface area contributed by atoms with E-state index >= 15 is 0 Å². The van der Waals surface area contributed by atoms with Crippen LogP contribution in [0.2, 0.25) is 0 Å². The van der Waals surface area contributed by atoms with Gasteiger partial charge in [-0.3, -0.25) is 4.79 Å². The summed E-state index contributed by atoms with van der Waals surface area (Å²) in [6, 6.07) is 7.67. The summed E-state index contributed by atoms with van der Waals surface area (Å²) in [6.45, 7) is 1.70. The highest BCUT2D eigenvalue weighted by atomic mass is 16.3. The molecule has 2 rings (SSSR count). The molecule has 0 aliphatic carbocycles. The summed E-state index contributed by atoms with van der Waals surface area (Å²) in [7, 11) is 3.96. The van der Waals surface area contributed by atoms with E-state index in [2.05, 4.69) is 4.90 Å². The molecule has 1 aliphatic rings. The highest BCUT2D eigenvalue weighted by Crippen LogP contribution is 2.22. The Balaban J connectivity index is 2.21. The summed E-state index contributed by atoms with van der Waals surface area (Å²) < 4.78 is 0. The van der Waals surface area contributed by atoms with Crippen LogP contribution in [0, 0.1) is 0 Å². The third kappa shape index (κ3) is 3.81. The summed E-state index contributed by atoms with van der Waals surface area (Å²) in [5.41, 5.74) is 7.32. The Hall–Kier alpha value is -1.43. The van der Waals surface area contributed by atoms with Gasteiger partial charge in [0.2, 0.25) is 0 Å². The van der Waals surface area contributed by atoms with Crippen LogP contribution in [0.25, 0.3) is 0 Å². The van der Waals surface area contributed by atoms with E-state index in [9.17, 15) is 9.90 Å². The number of nitrogens with zero attached hydrogens (tertiary/aromatic N) is 2. The first-order chi connectivity index (χ1) is 10.0. The number of hydrogen-bond acceptors (Lipinski definition) is 4. The molecule has 2 unspecified atom stereocenters. The zero-order valence-electron chi connectivity index (χ0n) is 12.8. The van der Waals surface area contributed by atoms with E-state index in [1.54, 1.807) is 4.90 Å². The van der Waals surface area contributed by atoms with Crippen molar-refractivity contribution in [1.29, 1.82) is 0 Å². The minimum Gasteiger partial charge on any atom is -0.391 e. The minimum atomic E-state index is -0.430. The Bertz CT molecular complexity index is 490. The van der Waals surface area contributed by atoms with Gasteiger partial charge in [-0.1, -0.05) is 18.2 Å². The molecule has 0 bridgehead atoms. The number of benzene rings is 1. The molecule has 5 heteroatoms. The average molecular weight is 291 g/mol. The molecule has 0 spiro atoms. The van der Waals surface area contributed by atoms with Gasteiger partial charge in [0.25, 0.3) is 5.91 Å². The Morgan fingerprint density at radius 1 is 1.43 bits per heavy atom. The zero-order valence-corrected chi connectivity index (χ0v) is 12.8. The number of rotatable bonds is 5. The lowest BCUT2D eigenvalue weighted by Gasteiger charge is -2.27. The normalized spacial score (nSPS) is 22.0. The molecule has 2 atom stereocenters. The molecular formula is C16H25N3O2. The van der Waals surface area contributed by atoms with Gasteiger partial charge in [0.1, 0.15) is 0 Å². The van der Waals surface area contributed by atoms with Crippen molar-refractivity contribution in [2.45, 2.75) is 25.0 Å². The van der Waals surface area contributed by atoms with Crippen molar-refractivity contribution in [2.24, 2.45) is 5.73 Å². The molecule has 1 aromatic carbocycles. The second kappa shape index (κ2) is 7.02. The Kier molecular flexibility index (Phi) is 5.33. The fourth-order valence-corrected chi connectivity index (χ4v) is 2.99. The van der Waals surface area contributed by atoms with Gasteiger partial charge >= 0.3 is 0 Å². The van der Waals surface area contributed by atoms with Gasteiger partial charge in [-0.25, -0.2) is 0 Å². The molecule has 0 aromatic heterocycles. The number of hydrogen-bond donors (Lipinski definition) is 2. The summed E-state index contributed by atoms with van der Waals surface area (Å²) in [6.07, 6.45) is 0.903. The van der Waals surface area contributed by atoms with E-state index in [4.69, 9.17) is 5.73 Å². The number of likely N-dealkylation sites (N-methyl/N-ethyl adjacent to an activating group) is 1. The molecule has 21 heavy (non-hydrogen) atoms. The molecular weight excluding hydrogens is 266 g/mol. The van der Waals surface area contributed by atoms with Crippen LogP contribution in [0.15, 0.2) is 24.3 Å². The highest BCUT2D eigenvalue weighted by Gasteiger charge is 2.35. The standard InChI is InChI=1S/C16H25N3O2/c1-18(2)10-13-9-14(20)11-19(13)16(21)15-6-4-3-5-12(15)7-8-17/h3-6,13-14,20H,7-11,17H2,1-2H3. The Morgan fingerprint density at radius 3 is 2.81 bits per heavy atom. The smallest absolute Gasteiger partial charge is 0.254 e. The van der Waals surface area contributed by atoms with E-state index in [1.807, 2.05) is 38.4 Å². The lowest BCUT2D eigenvalue weighted by Crippen LogP contribution is -2.41. The first kappa shape index (κ1) is 15.9. The van der Waals surface area contributed by atoms with Crippen LogP contribution < -0.4 is 5.73 Å². The SMILES string of the molecule is CN(C)CC1CC(O)CN1C(=O)c1ccccc1CCN. The van der Waals surface area contributed by atoms with Crippen LogP contribution in [0.5, 0.6) is 0 Å². The topological polar surface area (TPSA) is 69.8 Å². The van der Waals surface area contributed by atoms with Crippen LogP contribution in [0.3, 0.4) is 0 Å². The van der Waals surface area contributed by atoms with Crippen LogP contribution in [0.4, 0.5) is 0 Å². The van der Waals surface area contributed by atoms with E-state index in [1.165, 1.54) is 0 Å². The maximum atomic E-state index is 12.8. The number of aliphatic hydroxyl groups excluding tert-OH is 1. The van der Waals surface area contributed by atoms with Gasteiger partial charge in [0.05, 0.1) is 6.10 Å². The van der Waals surface area contributed by atoms with Gasteiger partial charge in [-0.2, -0.15) is 0 Å². The van der Waals surface area contributed by atoms with Gasteiger partial charge in [0.15, 0.2) is 0 Å². The lowest BCUT2D eigenvalue weighted by atomic mass is 10.0. The van der Waals surface area contributed by atoms with Gasteiger partial charge in [0, 0.05) is 24.7 Å². The summed E-state index contributed by atoms with van der Waals surface area (Å²) >= 11 is 0. The fourth-order valence-electron chi connectivity index (χ4n) is 2.99. The van der Waals surface area contributed by atoms with E-state index < -0.39 is 6.10 Å². The van der Waals surface area contributed by atoms with Crippen molar-refractivity contribution in [1.82, 2.24) is 9.80 Å². The van der Waals surface area contributed by atoms with Crippen molar-refractivity contribution in [3.05, 3.63) is 35.4 Å². The highest BCUT2D eigenvalue weighted by molar-refractivity contribution is 5.96. The van der Waals surface area contributed by atoms with E-state index in [-0.39, 0.29) is 11.9 Å². The summed E-state index contributed by atoms with van der Waals surface area (Å²) in [4.78, 5) is 16.7. The molecule has 5 nitrogen and oxygen atoms in total. The summed E-state index contributed by atoms with van der Waals surface area (Å²) in [5.74, 6) is 0.00227. The molecule has 1 aromatic rings. The molecule has 3 N–H and O–H groups in total. The Morgan fingerprint density at radius 2 is 2.14 bits per heavy atom. The first-order valence-corrected chi connectivity index (χ1v) is 7.44. The van der Waals surface area contributed by atoms with Crippen LogP contribution in [-0.2, 0) is 6.42 Å². The molecule has 1 fully saturated rings. The second-order valence-corrected chi connectivity index (χ2v) is 5.96. The van der Waals surface area contributed by atoms with Crippen molar-refractivity contribution in [3.8, 4) is 0 Å². The molecule has 1 saturated heterocycles. The quantitative estimate of drug-likeness (QED) is 0.820. The number of β-amino-alcohol motifs (C(OH)–C–C–N with tert-alkyl or cyclic N) is 1. The molecule has 0 radical (unpaired) electrons. The third-order valence-corrected chi connectivity index (χ3v) is 3.89. The maximum Gasteiger partial charge on any atom is 0.254 e. The van der Waals surface area contributed by atoms with Crippen molar-refractivity contribution in [2.75, 3.05) is 33.7 Å². The summed E-state index contributed by atoms with van der Waals surface area (Å²) in [5, 5.41) is 9.92. The average Bonchev–Trinajstić information content (AvgIpc) is 2.79. The van der Waals surface area contributed by atoms with Gasteiger partial charge in [-0.15, -0.1) is 0 Å². The van der Waals surface area contributed by atoms with Crippen LogP contribution in [0.1, 0.15) is 22.3 Å². The third-order valence-electron chi connectivity index (χ3n) is 3.89. The fraction of sp³-hybridized carbons (Fsp3) is 0.562. The van der Waals surface area contributed by atoms with Gasteiger partial charge < -0.3 is 20.6 Å². The predicted octanol–water partition coefficient (Wildman–Crippen LogP) is 0.325. The van der Waals surface area contributed by atoms with E-state index in [0.29, 0.717) is 31.5 Å². The lowest BCUT2D eigenvalue weighted by molar-refractivity contribution is 0.0698. The van der Waals surface area contributed by atoms with Crippen molar-refractivity contribution < 1.29 is 9.90 Å². The second-order valence-electron chi connectivity index (χ2n) is 5.96. The number of nitrogens with two attached hydrogens (primary N) is 1. The number of amides is 1. The molecule has 0 saturated carbocycles. The number of carbonyl (C=O) groups excluding carboxylic acids is 1. The van der Waals surface area contributed by atoms with E-state index in [0.717, 1.165) is 12.1 Å². The predicted molar refractivity (Wildman–Crippen MR) is 83.2 cm³/mol. The minimum absolute atomic E-state index is 0.00227. The first-order valence-electron chi connectivity index (χ1n) is 7.44. The molecule has 1 amide bonds. The van der Waals surface area contributed by atoms with Crippen LogP contribution in [-0.4, -0.2) is 66.7 Å². The Labute approximate surface area is 126 Å². The zero-order chi connectivity index (χ0) is 15.4.